The number of alkyl halides is 1. The maximum Gasteiger partial charge on any atom is 1.00 e. The Hall–Kier alpha value is -1.34. The summed E-state index contributed by atoms with van der Waals surface area (Å²) in [6, 6.07) is 13.0. The Morgan fingerprint density at radius 3 is 2.30 bits per heavy atom. The van der Waals surface area contributed by atoms with E-state index in [4.69, 9.17) is 11.6 Å². The van der Waals surface area contributed by atoms with E-state index >= 15 is 0 Å². The van der Waals surface area contributed by atoms with Crippen molar-refractivity contribution >= 4 is 11.6 Å². The van der Waals surface area contributed by atoms with Crippen LogP contribution in [0.2, 0.25) is 0 Å². The average molecular weight is 287 g/mol. The van der Waals surface area contributed by atoms with E-state index in [9.17, 15) is 0 Å². The van der Waals surface area contributed by atoms with E-state index in [1.807, 2.05) is 24.5 Å². The number of rotatable bonds is 3. The fraction of sp³-hybridized carbons (Fsp3) is 0.389. The zero-order valence-electron chi connectivity index (χ0n) is 12.8. The minimum atomic E-state index is 0. The standard InChI is InChI=1S/C18H20ClN/c1-13-10-17(18(19)11-13)12-14-2-4-15(5-3-14)16-6-8-20-9-7-16/h2-9,13,17-18H,10-12H2,1H3/p+1. The lowest BCUT2D eigenvalue weighted by Crippen LogP contribution is -2.10. The summed E-state index contributed by atoms with van der Waals surface area (Å²) in [5.41, 5.74) is 3.86. The van der Waals surface area contributed by atoms with Crippen LogP contribution in [-0.2, 0) is 6.42 Å². The van der Waals surface area contributed by atoms with Gasteiger partial charge in [-0.05, 0) is 59.9 Å². The molecular weight excluding hydrogens is 266 g/mol. The molecular formula is C18H21ClN+. The van der Waals surface area contributed by atoms with E-state index in [0.29, 0.717) is 11.3 Å². The van der Waals surface area contributed by atoms with Gasteiger partial charge in [-0.25, -0.2) is 0 Å². The zero-order valence-corrected chi connectivity index (χ0v) is 12.6. The molecule has 1 aromatic heterocycles. The van der Waals surface area contributed by atoms with Crippen molar-refractivity contribution < 1.29 is 1.43 Å². The second-order valence-electron chi connectivity index (χ2n) is 5.99. The van der Waals surface area contributed by atoms with Crippen LogP contribution in [0.4, 0.5) is 0 Å². The van der Waals surface area contributed by atoms with Crippen LogP contribution in [-0.4, -0.2) is 10.4 Å². The molecule has 104 valence electrons. The highest BCUT2D eigenvalue weighted by Crippen LogP contribution is 2.36. The molecule has 1 aliphatic carbocycles. The third-order valence-corrected chi connectivity index (χ3v) is 4.84. The van der Waals surface area contributed by atoms with Crippen molar-refractivity contribution in [2.45, 2.75) is 31.6 Å². The van der Waals surface area contributed by atoms with Crippen LogP contribution in [0.5, 0.6) is 0 Å². The number of halogens is 1. The summed E-state index contributed by atoms with van der Waals surface area (Å²) in [5.74, 6) is 1.41. The van der Waals surface area contributed by atoms with Crippen molar-refractivity contribution in [2.24, 2.45) is 11.8 Å². The Morgan fingerprint density at radius 1 is 1.05 bits per heavy atom. The van der Waals surface area contributed by atoms with Crippen molar-refractivity contribution in [2.75, 3.05) is 0 Å². The molecule has 1 nitrogen and oxygen atoms in total. The van der Waals surface area contributed by atoms with Gasteiger partial charge in [0.1, 0.15) is 0 Å². The first-order chi connectivity index (χ1) is 9.72. The van der Waals surface area contributed by atoms with Crippen molar-refractivity contribution in [3.63, 3.8) is 0 Å². The van der Waals surface area contributed by atoms with Gasteiger partial charge in [0.2, 0.25) is 0 Å². The lowest BCUT2D eigenvalue weighted by atomic mass is 9.95. The predicted molar refractivity (Wildman–Crippen MR) is 86.0 cm³/mol. The highest BCUT2D eigenvalue weighted by molar-refractivity contribution is 6.21. The van der Waals surface area contributed by atoms with E-state index in [0.717, 1.165) is 12.3 Å². The highest BCUT2D eigenvalue weighted by Gasteiger charge is 2.30. The first kappa shape index (κ1) is 13.6. The number of benzene rings is 1. The van der Waals surface area contributed by atoms with Crippen LogP contribution in [0.15, 0.2) is 48.8 Å². The molecule has 0 aliphatic heterocycles. The molecule has 3 rings (SSSR count). The Morgan fingerprint density at radius 2 is 1.70 bits per heavy atom. The van der Waals surface area contributed by atoms with Gasteiger partial charge in [-0.2, -0.15) is 0 Å². The average Bonchev–Trinajstić information content (AvgIpc) is 2.79. The van der Waals surface area contributed by atoms with Gasteiger partial charge < -0.3 is 0 Å². The minimum absolute atomic E-state index is 0. The lowest BCUT2D eigenvalue weighted by Gasteiger charge is -2.13. The minimum Gasteiger partial charge on any atom is -0.265 e. The molecule has 1 saturated carbocycles. The van der Waals surface area contributed by atoms with Gasteiger partial charge in [0.15, 0.2) is 0 Å². The second kappa shape index (κ2) is 5.97. The predicted octanol–water partition coefficient (Wildman–Crippen LogP) is 5.06. The molecule has 0 spiro atoms. The van der Waals surface area contributed by atoms with Crippen LogP contribution in [0.25, 0.3) is 11.1 Å². The van der Waals surface area contributed by atoms with E-state index in [1.54, 1.807) is 0 Å². The first-order valence-corrected chi connectivity index (χ1v) is 7.79. The van der Waals surface area contributed by atoms with Gasteiger partial charge in [-0.3, -0.25) is 4.98 Å². The summed E-state index contributed by atoms with van der Waals surface area (Å²) >= 11 is 6.44. The summed E-state index contributed by atoms with van der Waals surface area (Å²) in [5, 5.41) is 0.352. The largest absolute Gasteiger partial charge is 1.00 e. The number of hydrogen-bond acceptors (Lipinski definition) is 1. The number of aromatic nitrogens is 1. The molecule has 0 radical (unpaired) electrons. The summed E-state index contributed by atoms with van der Waals surface area (Å²) in [6.45, 7) is 2.31. The number of hydrogen-bond donors (Lipinski definition) is 0. The van der Waals surface area contributed by atoms with E-state index < -0.39 is 0 Å². The molecule has 1 aliphatic rings. The first-order valence-electron chi connectivity index (χ1n) is 7.36. The number of pyridine rings is 1. The molecule has 0 saturated heterocycles. The van der Waals surface area contributed by atoms with Gasteiger partial charge in [-0.1, -0.05) is 31.2 Å². The molecule has 0 amide bonds. The smallest absolute Gasteiger partial charge is 0.265 e. The molecule has 1 aromatic carbocycles. The van der Waals surface area contributed by atoms with Gasteiger partial charge in [-0.15, -0.1) is 11.6 Å². The van der Waals surface area contributed by atoms with Gasteiger partial charge in [0.05, 0.1) is 0 Å². The van der Waals surface area contributed by atoms with Gasteiger partial charge in [0, 0.05) is 17.8 Å². The third-order valence-electron chi connectivity index (χ3n) is 4.31. The molecule has 0 bridgehead atoms. The summed E-state index contributed by atoms with van der Waals surface area (Å²) in [4.78, 5) is 4.06. The summed E-state index contributed by atoms with van der Waals surface area (Å²) in [6.07, 6.45) is 7.21. The Bertz CT molecular complexity index is 555. The van der Waals surface area contributed by atoms with Crippen LogP contribution >= 0.6 is 11.6 Å². The second-order valence-corrected chi connectivity index (χ2v) is 6.55. The zero-order chi connectivity index (χ0) is 13.9. The third kappa shape index (κ3) is 3.04. The molecule has 0 N–H and O–H groups in total. The number of nitrogens with zero attached hydrogens (tertiary/aromatic N) is 1. The summed E-state index contributed by atoms with van der Waals surface area (Å²) in [7, 11) is 0. The topological polar surface area (TPSA) is 12.9 Å². The SMILES string of the molecule is CC1CC(Cl)C(Cc2ccc(-c3ccncc3)cc2)C1.[H+]. The molecule has 3 atom stereocenters. The highest BCUT2D eigenvalue weighted by atomic mass is 35.5. The molecule has 3 unspecified atom stereocenters. The normalized spacial score (nSPS) is 25.8. The maximum atomic E-state index is 6.44. The van der Waals surface area contributed by atoms with Crippen molar-refractivity contribution in [1.82, 2.24) is 4.98 Å². The molecule has 1 fully saturated rings. The van der Waals surface area contributed by atoms with Gasteiger partial charge >= 0.3 is 1.43 Å². The fourth-order valence-electron chi connectivity index (χ4n) is 3.23. The summed E-state index contributed by atoms with van der Waals surface area (Å²) < 4.78 is 0. The van der Waals surface area contributed by atoms with E-state index in [1.165, 1.54) is 29.5 Å². The quantitative estimate of drug-likeness (QED) is 0.719. The van der Waals surface area contributed by atoms with E-state index in [2.05, 4.69) is 36.2 Å². The molecule has 2 aromatic rings. The van der Waals surface area contributed by atoms with E-state index in [-0.39, 0.29) is 1.43 Å². The molecule has 2 heteroatoms. The Balaban J connectivity index is 0.00000161. The van der Waals surface area contributed by atoms with Crippen LogP contribution in [0.3, 0.4) is 0 Å². The van der Waals surface area contributed by atoms with Crippen LogP contribution in [0, 0.1) is 11.8 Å². The van der Waals surface area contributed by atoms with Crippen LogP contribution in [0.1, 0.15) is 26.8 Å². The Labute approximate surface area is 127 Å². The molecule has 1 heterocycles. The van der Waals surface area contributed by atoms with Crippen molar-refractivity contribution in [3.8, 4) is 11.1 Å². The maximum absolute atomic E-state index is 6.44. The monoisotopic (exact) mass is 286 g/mol. The Kier molecular flexibility index (Phi) is 4.07. The van der Waals surface area contributed by atoms with Crippen LogP contribution < -0.4 is 0 Å². The van der Waals surface area contributed by atoms with Gasteiger partial charge in [0.25, 0.3) is 0 Å². The van der Waals surface area contributed by atoms with Crippen molar-refractivity contribution in [1.29, 1.82) is 0 Å². The fourth-order valence-corrected chi connectivity index (χ4v) is 3.73. The lowest BCUT2D eigenvalue weighted by molar-refractivity contribution is 0.516. The van der Waals surface area contributed by atoms with Crippen molar-refractivity contribution in [3.05, 3.63) is 54.4 Å². The molecule has 20 heavy (non-hydrogen) atoms.